The number of furan rings is 1. The Morgan fingerprint density at radius 1 is 1.14 bits per heavy atom. The summed E-state index contributed by atoms with van der Waals surface area (Å²) in [5, 5.41) is 3.46. The predicted molar refractivity (Wildman–Crippen MR) is 130 cm³/mol. The summed E-state index contributed by atoms with van der Waals surface area (Å²) in [6.07, 6.45) is -1.40. The van der Waals surface area contributed by atoms with E-state index in [1.807, 2.05) is 0 Å². The Bertz CT molecular complexity index is 1310. The highest BCUT2D eigenvalue weighted by molar-refractivity contribution is 6.35. The maximum absolute atomic E-state index is 15.0. The molecule has 6 nitrogen and oxygen atoms in total. The first kappa shape index (κ1) is 25.9. The lowest BCUT2D eigenvalue weighted by atomic mass is 10.0. The van der Waals surface area contributed by atoms with E-state index in [4.69, 9.17) is 20.8 Å². The standard InChI is InChI=1S/C26H26ClF3N2O4/c1-25(2,3)36-24(34)31-14-18-11-17-10-16(12-20(27)22(17)35-18)19-5-4-15(13-21(19)28)23(33)32-8-6-26(29,30)7-9-32/h4-5,10-13H,6-9,14H2,1-3H3,(H,31,34). The van der Waals surface area contributed by atoms with Gasteiger partial charge in [-0.05, 0) is 56.7 Å². The molecule has 0 bridgehead atoms. The van der Waals surface area contributed by atoms with Gasteiger partial charge < -0.3 is 19.4 Å². The Hall–Kier alpha value is -3.20. The summed E-state index contributed by atoms with van der Waals surface area (Å²) in [6.45, 7) is 5.19. The molecule has 0 atom stereocenters. The molecule has 1 aromatic heterocycles. The van der Waals surface area contributed by atoms with Crippen molar-refractivity contribution in [1.82, 2.24) is 10.2 Å². The van der Waals surface area contributed by atoms with Crippen LogP contribution in [-0.4, -0.2) is 41.5 Å². The molecular formula is C26H26ClF3N2O4. The molecule has 4 rings (SSSR count). The number of likely N-dealkylation sites (tertiary alicyclic amines) is 1. The van der Waals surface area contributed by atoms with E-state index in [0.29, 0.717) is 22.3 Å². The van der Waals surface area contributed by atoms with Gasteiger partial charge in [0, 0.05) is 42.4 Å². The third kappa shape index (κ3) is 5.95. The summed E-state index contributed by atoms with van der Waals surface area (Å²) in [6, 6.07) is 8.96. The van der Waals surface area contributed by atoms with Crippen molar-refractivity contribution < 1.29 is 31.9 Å². The molecule has 2 heterocycles. The zero-order valence-electron chi connectivity index (χ0n) is 20.1. The third-order valence-electron chi connectivity index (χ3n) is 5.74. The maximum atomic E-state index is 15.0. The quantitative estimate of drug-likeness (QED) is 0.409. The zero-order chi connectivity index (χ0) is 26.3. The van der Waals surface area contributed by atoms with Crippen LogP contribution in [0.25, 0.3) is 22.1 Å². The molecule has 1 aliphatic rings. The summed E-state index contributed by atoms with van der Waals surface area (Å²) in [5.74, 6) is -3.47. The molecule has 0 saturated carbocycles. The Balaban J connectivity index is 1.51. The van der Waals surface area contributed by atoms with Gasteiger partial charge >= 0.3 is 6.09 Å². The third-order valence-corrected chi connectivity index (χ3v) is 6.02. The van der Waals surface area contributed by atoms with Crippen LogP contribution in [0.2, 0.25) is 5.02 Å². The molecule has 2 aromatic carbocycles. The molecule has 1 N–H and O–H groups in total. The van der Waals surface area contributed by atoms with Gasteiger partial charge in [0.25, 0.3) is 11.8 Å². The number of amides is 2. The minimum Gasteiger partial charge on any atom is -0.458 e. The van der Waals surface area contributed by atoms with Gasteiger partial charge in [0.2, 0.25) is 0 Å². The molecule has 36 heavy (non-hydrogen) atoms. The molecule has 3 aromatic rings. The molecule has 1 fully saturated rings. The van der Waals surface area contributed by atoms with Crippen LogP contribution in [0, 0.1) is 5.82 Å². The van der Waals surface area contributed by atoms with Gasteiger partial charge in [-0.3, -0.25) is 4.79 Å². The topological polar surface area (TPSA) is 71.8 Å². The van der Waals surface area contributed by atoms with Gasteiger partial charge in [0.1, 0.15) is 17.2 Å². The summed E-state index contributed by atoms with van der Waals surface area (Å²) >= 11 is 6.38. The van der Waals surface area contributed by atoms with Crippen molar-refractivity contribution >= 4 is 34.6 Å². The summed E-state index contributed by atoms with van der Waals surface area (Å²) in [4.78, 5) is 25.9. The van der Waals surface area contributed by atoms with Crippen LogP contribution in [0.4, 0.5) is 18.0 Å². The van der Waals surface area contributed by atoms with Gasteiger partial charge in [0.15, 0.2) is 5.58 Å². The van der Waals surface area contributed by atoms with Crippen LogP contribution in [0.15, 0.2) is 40.8 Å². The maximum Gasteiger partial charge on any atom is 0.408 e. The van der Waals surface area contributed by atoms with E-state index >= 15 is 4.39 Å². The molecule has 0 unspecified atom stereocenters. The van der Waals surface area contributed by atoms with Crippen LogP contribution in [-0.2, 0) is 11.3 Å². The number of carbonyl (C=O) groups excluding carboxylic acids is 2. The number of carbonyl (C=O) groups is 2. The van der Waals surface area contributed by atoms with Crippen molar-refractivity contribution in [3.63, 3.8) is 0 Å². The van der Waals surface area contributed by atoms with Crippen molar-refractivity contribution in [3.8, 4) is 11.1 Å². The van der Waals surface area contributed by atoms with E-state index < -0.39 is 42.2 Å². The van der Waals surface area contributed by atoms with Crippen LogP contribution < -0.4 is 5.32 Å². The van der Waals surface area contributed by atoms with Crippen molar-refractivity contribution in [3.05, 3.63) is 58.6 Å². The van der Waals surface area contributed by atoms with E-state index in [9.17, 15) is 18.4 Å². The van der Waals surface area contributed by atoms with E-state index in [2.05, 4.69) is 5.32 Å². The lowest BCUT2D eigenvalue weighted by molar-refractivity contribution is -0.0494. The summed E-state index contributed by atoms with van der Waals surface area (Å²) in [7, 11) is 0. The van der Waals surface area contributed by atoms with Crippen molar-refractivity contribution in [2.24, 2.45) is 0 Å². The van der Waals surface area contributed by atoms with E-state index in [-0.39, 0.29) is 35.8 Å². The van der Waals surface area contributed by atoms with Gasteiger partial charge in [-0.1, -0.05) is 17.7 Å². The van der Waals surface area contributed by atoms with Gasteiger partial charge in [-0.25, -0.2) is 18.0 Å². The fourth-order valence-electron chi connectivity index (χ4n) is 3.98. The number of halogens is 4. The Labute approximate surface area is 211 Å². The average molecular weight is 523 g/mol. The first-order valence-electron chi connectivity index (χ1n) is 11.5. The average Bonchev–Trinajstić information content (AvgIpc) is 3.20. The lowest BCUT2D eigenvalue weighted by Gasteiger charge is -2.31. The number of rotatable bonds is 4. The second kappa shape index (κ2) is 9.69. The Morgan fingerprint density at radius 3 is 2.47 bits per heavy atom. The van der Waals surface area contributed by atoms with Crippen LogP contribution in [0.1, 0.15) is 49.7 Å². The number of nitrogens with zero attached hydrogens (tertiary/aromatic N) is 1. The van der Waals surface area contributed by atoms with E-state index in [1.165, 1.54) is 17.0 Å². The van der Waals surface area contributed by atoms with E-state index in [0.717, 1.165) is 6.07 Å². The number of hydrogen-bond acceptors (Lipinski definition) is 4. The molecule has 0 aliphatic carbocycles. The lowest BCUT2D eigenvalue weighted by Crippen LogP contribution is -2.42. The monoisotopic (exact) mass is 522 g/mol. The fourth-order valence-corrected chi connectivity index (χ4v) is 4.25. The summed E-state index contributed by atoms with van der Waals surface area (Å²) in [5.41, 5.74) is 0.523. The van der Waals surface area contributed by atoms with Crippen molar-refractivity contribution in [2.75, 3.05) is 13.1 Å². The second-order valence-electron chi connectivity index (χ2n) is 9.79. The SMILES string of the molecule is CC(C)(C)OC(=O)NCc1cc2cc(-c3ccc(C(=O)N4CCC(F)(F)CC4)cc3F)cc(Cl)c2o1. The molecule has 0 spiro atoms. The van der Waals surface area contributed by atoms with Crippen molar-refractivity contribution in [1.29, 1.82) is 0 Å². The smallest absolute Gasteiger partial charge is 0.408 e. The number of piperidine rings is 1. The first-order chi connectivity index (χ1) is 16.8. The predicted octanol–water partition coefficient (Wildman–Crippen LogP) is 6.79. The van der Waals surface area contributed by atoms with Gasteiger partial charge in [-0.15, -0.1) is 0 Å². The molecule has 1 saturated heterocycles. The van der Waals surface area contributed by atoms with Crippen LogP contribution in [0.5, 0.6) is 0 Å². The molecule has 1 aliphatic heterocycles. The highest BCUT2D eigenvalue weighted by Crippen LogP contribution is 2.35. The minimum atomic E-state index is -2.78. The molecule has 10 heteroatoms. The van der Waals surface area contributed by atoms with Gasteiger partial charge in [0.05, 0.1) is 11.6 Å². The summed E-state index contributed by atoms with van der Waals surface area (Å²) < 4.78 is 52.8. The number of alkyl halides is 2. The van der Waals surface area contributed by atoms with Gasteiger partial charge in [-0.2, -0.15) is 0 Å². The number of fused-ring (bicyclic) bond motifs is 1. The number of hydrogen-bond donors (Lipinski definition) is 1. The number of benzene rings is 2. The molecule has 192 valence electrons. The number of alkyl carbamates (subject to hydrolysis) is 1. The highest BCUT2D eigenvalue weighted by atomic mass is 35.5. The zero-order valence-corrected chi connectivity index (χ0v) is 20.8. The first-order valence-corrected chi connectivity index (χ1v) is 11.8. The number of nitrogens with one attached hydrogen (secondary N) is 1. The van der Waals surface area contributed by atoms with Crippen molar-refractivity contribution in [2.45, 2.75) is 51.7 Å². The van der Waals surface area contributed by atoms with Crippen LogP contribution >= 0.6 is 11.6 Å². The largest absolute Gasteiger partial charge is 0.458 e. The normalized spacial score (nSPS) is 15.7. The Morgan fingerprint density at radius 2 is 1.83 bits per heavy atom. The van der Waals surface area contributed by atoms with Crippen LogP contribution in [0.3, 0.4) is 0 Å². The molecular weight excluding hydrogens is 497 g/mol. The fraction of sp³-hybridized carbons (Fsp3) is 0.385. The molecule has 0 radical (unpaired) electrons. The second-order valence-corrected chi connectivity index (χ2v) is 10.2. The van der Waals surface area contributed by atoms with E-state index in [1.54, 1.807) is 39.0 Å². The minimum absolute atomic E-state index is 0.0723. The Kier molecular flexibility index (Phi) is 6.96. The number of ether oxygens (including phenoxy) is 1. The highest BCUT2D eigenvalue weighted by Gasteiger charge is 2.35. The molecule has 2 amide bonds.